The topological polar surface area (TPSA) is 71.2 Å². The Kier molecular flexibility index (Phi) is 2.92. The van der Waals surface area contributed by atoms with E-state index in [4.69, 9.17) is 10.7 Å². The van der Waals surface area contributed by atoms with E-state index in [1.165, 1.54) is 5.56 Å². The number of nitrogens with one attached hydrogen (secondary N) is 1. The second kappa shape index (κ2) is 4.70. The molecule has 0 aromatic carbocycles. The zero-order valence-electron chi connectivity index (χ0n) is 12.4. The lowest BCUT2D eigenvalue weighted by Gasteiger charge is -2.27. The summed E-state index contributed by atoms with van der Waals surface area (Å²) in [5, 5.41) is 3.47. The quantitative estimate of drug-likeness (QED) is 0.840. The van der Waals surface area contributed by atoms with Crippen molar-refractivity contribution >= 4 is 11.7 Å². The van der Waals surface area contributed by atoms with Gasteiger partial charge < -0.3 is 16.0 Å². The third-order valence-electron chi connectivity index (χ3n) is 5.50. The number of primary amides is 1. The maximum absolute atomic E-state index is 11.9. The number of hydrogen-bond acceptors (Lipinski definition) is 4. The van der Waals surface area contributed by atoms with Gasteiger partial charge in [0, 0.05) is 31.4 Å². The van der Waals surface area contributed by atoms with E-state index < -0.39 is 0 Å². The first kappa shape index (κ1) is 13.1. The number of anilines is 1. The fourth-order valence-corrected chi connectivity index (χ4v) is 4.31. The molecule has 3 heterocycles. The molecule has 21 heavy (non-hydrogen) atoms. The highest BCUT2D eigenvalue weighted by atomic mass is 16.1. The number of aromatic nitrogens is 1. The van der Waals surface area contributed by atoms with Crippen LogP contribution in [0, 0.1) is 11.8 Å². The molecule has 2 fully saturated rings. The summed E-state index contributed by atoms with van der Waals surface area (Å²) in [5.41, 5.74) is 8.60. The van der Waals surface area contributed by atoms with Gasteiger partial charge in [0.15, 0.2) is 0 Å². The van der Waals surface area contributed by atoms with Crippen molar-refractivity contribution in [2.45, 2.75) is 32.2 Å². The van der Waals surface area contributed by atoms with Crippen LogP contribution in [0.3, 0.4) is 0 Å². The van der Waals surface area contributed by atoms with E-state index >= 15 is 0 Å². The highest BCUT2D eigenvalue weighted by Crippen LogP contribution is 2.37. The summed E-state index contributed by atoms with van der Waals surface area (Å²) >= 11 is 0. The van der Waals surface area contributed by atoms with Crippen molar-refractivity contribution in [3.63, 3.8) is 0 Å². The second-order valence-corrected chi connectivity index (χ2v) is 6.66. The fraction of sp³-hybridized carbons (Fsp3) is 0.625. The number of hydrogen-bond donors (Lipinski definition) is 2. The molecule has 5 nitrogen and oxygen atoms in total. The number of rotatable bonds is 2. The van der Waals surface area contributed by atoms with Crippen LogP contribution in [0.5, 0.6) is 0 Å². The molecule has 1 aliphatic carbocycles. The molecule has 3 atom stereocenters. The van der Waals surface area contributed by atoms with E-state index in [1.807, 2.05) is 6.07 Å². The number of carbonyl (C=O) groups is 1. The zero-order valence-corrected chi connectivity index (χ0v) is 12.4. The molecule has 3 unspecified atom stereocenters. The Balaban J connectivity index is 1.76. The summed E-state index contributed by atoms with van der Waals surface area (Å²) in [6.07, 6.45) is 3.18. The SMILES string of the molecule is CC1C2CNCC2CN1c1nc2c(cc1C(N)=O)CCC2. The Morgan fingerprint density at radius 1 is 1.43 bits per heavy atom. The lowest BCUT2D eigenvalue weighted by Crippen LogP contribution is -2.35. The second-order valence-electron chi connectivity index (χ2n) is 6.66. The Morgan fingerprint density at radius 3 is 3.05 bits per heavy atom. The summed E-state index contributed by atoms with van der Waals surface area (Å²) in [6.45, 7) is 5.36. The third kappa shape index (κ3) is 1.94. The number of nitrogens with zero attached hydrogens (tertiary/aromatic N) is 2. The van der Waals surface area contributed by atoms with Gasteiger partial charge in [0.2, 0.25) is 0 Å². The van der Waals surface area contributed by atoms with E-state index in [1.54, 1.807) is 0 Å². The molecule has 0 saturated carbocycles. The van der Waals surface area contributed by atoms with E-state index in [0.29, 0.717) is 23.4 Å². The Hall–Kier alpha value is -1.62. The Labute approximate surface area is 124 Å². The van der Waals surface area contributed by atoms with Crippen molar-refractivity contribution in [3.05, 3.63) is 22.9 Å². The van der Waals surface area contributed by atoms with E-state index in [-0.39, 0.29) is 5.91 Å². The minimum atomic E-state index is -0.352. The smallest absolute Gasteiger partial charge is 0.252 e. The van der Waals surface area contributed by atoms with Gasteiger partial charge in [-0.05, 0) is 49.7 Å². The van der Waals surface area contributed by atoms with Crippen molar-refractivity contribution in [1.82, 2.24) is 10.3 Å². The summed E-state index contributed by atoms with van der Waals surface area (Å²) in [4.78, 5) is 19.0. The van der Waals surface area contributed by atoms with E-state index in [9.17, 15) is 4.79 Å². The minimum Gasteiger partial charge on any atom is -0.365 e. The van der Waals surface area contributed by atoms with Crippen LogP contribution in [0.4, 0.5) is 5.82 Å². The molecule has 0 bridgehead atoms. The molecule has 2 saturated heterocycles. The molecule has 3 N–H and O–H groups in total. The maximum Gasteiger partial charge on any atom is 0.252 e. The predicted octanol–water partition coefficient (Wildman–Crippen LogP) is 0.713. The van der Waals surface area contributed by atoms with Crippen LogP contribution < -0.4 is 16.0 Å². The van der Waals surface area contributed by atoms with Gasteiger partial charge >= 0.3 is 0 Å². The predicted molar refractivity (Wildman–Crippen MR) is 81.4 cm³/mol. The lowest BCUT2D eigenvalue weighted by molar-refractivity contribution is 0.100. The van der Waals surface area contributed by atoms with Gasteiger partial charge in [0.1, 0.15) is 5.82 Å². The van der Waals surface area contributed by atoms with Gasteiger partial charge in [-0.3, -0.25) is 4.79 Å². The number of nitrogens with two attached hydrogens (primary N) is 1. The average Bonchev–Trinajstić information content (AvgIpc) is 3.14. The molecule has 1 aromatic heterocycles. The van der Waals surface area contributed by atoms with Gasteiger partial charge in [-0.25, -0.2) is 4.98 Å². The van der Waals surface area contributed by atoms with Gasteiger partial charge in [0.05, 0.1) is 5.56 Å². The van der Waals surface area contributed by atoms with Crippen LogP contribution in [0.15, 0.2) is 6.07 Å². The summed E-state index contributed by atoms with van der Waals surface area (Å²) in [5.74, 6) is 1.79. The molecule has 5 heteroatoms. The molecule has 112 valence electrons. The maximum atomic E-state index is 11.9. The number of fused-ring (bicyclic) bond motifs is 2. The van der Waals surface area contributed by atoms with Crippen LogP contribution in [0.2, 0.25) is 0 Å². The zero-order chi connectivity index (χ0) is 14.6. The van der Waals surface area contributed by atoms with Gasteiger partial charge in [0.25, 0.3) is 5.91 Å². The molecule has 3 aliphatic rings. The van der Waals surface area contributed by atoms with Crippen molar-refractivity contribution < 1.29 is 4.79 Å². The van der Waals surface area contributed by atoms with Crippen molar-refractivity contribution in [1.29, 1.82) is 0 Å². The standard InChI is InChI=1S/C16H22N4O/c1-9-13-7-18-6-11(13)8-20(9)16-12(15(17)21)5-10-3-2-4-14(10)19-16/h5,9,11,13,18H,2-4,6-8H2,1H3,(H2,17,21). The highest BCUT2D eigenvalue weighted by molar-refractivity contribution is 5.98. The molecule has 1 aromatic rings. The average molecular weight is 286 g/mol. The van der Waals surface area contributed by atoms with Crippen LogP contribution in [-0.4, -0.2) is 36.6 Å². The summed E-state index contributed by atoms with van der Waals surface area (Å²) in [6, 6.07) is 2.40. The third-order valence-corrected chi connectivity index (χ3v) is 5.50. The Morgan fingerprint density at radius 2 is 2.29 bits per heavy atom. The van der Waals surface area contributed by atoms with E-state index in [2.05, 4.69) is 17.1 Å². The number of carbonyl (C=O) groups excluding carboxylic acids is 1. The van der Waals surface area contributed by atoms with Crippen LogP contribution in [0.25, 0.3) is 0 Å². The molecule has 1 amide bonds. The van der Waals surface area contributed by atoms with Crippen molar-refractivity contribution in [2.24, 2.45) is 17.6 Å². The van der Waals surface area contributed by atoms with Crippen LogP contribution >= 0.6 is 0 Å². The van der Waals surface area contributed by atoms with Crippen LogP contribution in [0.1, 0.15) is 35.0 Å². The lowest BCUT2D eigenvalue weighted by atomic mass is 9.95. The minimum absolute atomic E-state index is 0.352. The van der Waals surface area contributed by atoms with Gasteiger partial charge in [-0.15, -0.1) is 0 Å². The molecule has 0 radical (unpaired) electrons. The first-order valence-electron chi connectivity index (χ1n) is 7.95. The monoisotopic (exact) mass is 286 g/mol. The van der Waals surface area contributed by atoms with Crippen LogP contribution in [-0.2, 0) is 12.8 Å². The molecule has 4 rings (SSSR count). The molecule has 2 aliphatic heterocycles. The molecular weight excluding hydrogens is 264 g/mol. The Bertz CT molecular complexity index is 600. The molecule has 0 spiro atoms. The van der Waals surface area contributed by atoms with E-state index in [0.717, 1.165) is 50.4 Å². The summed E-state index contributed by atoms with van der Waals surface area (Å²) < 4.78 is 0. The van der Waals surface area contributed by atoms with Gasteiger partial charge in [-0.1, -0.05) is 0 Å². The number of amides is 1. The first-order valence-corrected chi connectivity index (χ1v) is 7.95. The van der Waals surface area contributed by atoms with Crippen molar-refractivity contribution in [3.8, 4) is 0 Å². The fourth-order valence-electron chi connectivity index (χ4n) is 4.31. The summed E-state index contributed by atoms with van der Waals surface area (Å²) in [7, 11) is 0. The van der Waals surface area contributed by atoms with Gasteiger partial charge in [-0.2, -0.15) is 0 Å². The first-order chi connectivity index (χ1) is 10.1. The largest absolute Gasteiger partial charge is 0.365 e. The highest BCUT2D eigenvalue weighted by Gasteiger charge is 2.43. The normalized spacial score (nSPS) is 30.5. The number of pyridine rings is 1. The molecular formula is C16H22N4O. The van der Waals surface area contributed by atoms with Crippen molar-refractivity contribution in [2.75, 3.05) is 24.5 Å². The number of aryl methyl sites for hydroxylation is 2.